The Morgan fingerprint density at radius 2 is 2.29 bits per heavy atom. The predicted molar refractivity (Wildman–Crippen MR) is 85.6 cm³/mol. The van der Waals surface area contributed by atoms with Gasteiger partial charge in [0.25, 0.3) is 0 Å². The highest BCUT2D eigenvalue weighted by Crippen LogP contribution is 2.44. The Bertz CT molecular complexity index is 565. The lowest BCUT2D eigenvalue weighted by Gasteiger charge is -2.38. The smallest absolute Gasteiger partial charge is 0.230 e. The fourth-order valence-corrected chi connectivity index (χ4v) is 5.71. The van der Waals surface area contributed by atoms with Gasteiger partial charge in [-0.2, -0.15) is 0 Å². The van der Waals surface area contributed by atoms with Crippen molar-refractivity contribution in [1.82, 2.24) is 10.2 Å². The SMILES string of the molecule is CC1(C)C2CNCC2CN1C(=O)C1CCCc2sccc21. The minimum Gasteiger partial charge on any atom is -0.336 e. The molecule has 3 aliphatic rings. The van der Waals surface area contributed by atoms with Crippen LogP contribution in [-0.2, 0) is 11.2 Å². The number of hydrogen-bond donors (Lipinski definition) is 1. The molecule has 3 heterocycles. The largest absolute Gasteiger partial charge is 0.336 e. The van der Waals surface area contributed by atoms with Crippen molar-refractivity contribution in [1.29, 1.82) is 0 Å². The molecule has 1 amide bonds. The van der Waals surface area contributed by atoms with E-state index in [1.165, 1.54) is 10.4 Å². The molecule has 114 valence electrons. The lowest BCUT2D eigenvalue weighted by atomic mass is 9.83. The van der Waals surface area contributed by atoms with E-state index in [-0.39, 0.29) is 11.5 Å². The van der Waals surface area contributed by atoms with Gasteiger partial charge in [0.1, 0.15) is 0 Å². The zero-order valence-corrected chi connectivity index (χ0v) is 13.7. The molecular formula is C17H24N2OS. The summed E-state index contributed by atoms with van der Waals surface area (Å²) in [6.45, 7) is 7.61. The first-order valence-electron chi connectivity index (χ1n) is 8.17. The third-order valence-electron chi connectivity index (χ3n) is 5.98. The Morgan fingerprint density at radius 1 is 1.43 bits per heavy atom. The summed E-state index contributed by atoms with van der Waals surface area (Å²) in [5.74, 6) is 1.77. The van der Waals surface area contributed by atoms with Gasteiger partial charge in [-0.05, 0) is 62.0 Å². The molecule has 0 saturated carbocycles. The molecule has 0 radical (unpaired) electrons. The van der Waals surface area contributed by atoms with Gasteiger partial charge in [-0.15, -0.1) is 11.3 Å². The van der Waals surface area contributed by atoms with Crippen molar-refractivity contribution >= 4 is 17.2 Å². The summed E-state index contributed by atoms with van der Waals surface area (Å²) in [6, 6.07) is 2.19. The molecule has 3 nitrogen and oxygen atoms in total. The second kappa shape index (κ2) is 4.82. The Balaban J connectivity index is 1.62. The molecule has 0 bridgehead atoms. The molecule has 4 heteroatoms. The molecule has 2 aliphatic heterocycles. The van der Waals surface area contributed by atoms with Crippen molar-refractivity contribution in [3.63, 3.8) is 0 Å². The molecule has 0 spiro atoms. The molecule has 1 aromatic rings. The minimum atomic E-state index is -0.00111. The van der Waals surface area contributed by atoms with Crippen LogP contribution in [0, 0.1) is 11.8 Å². The number of aryl methyl sites for hydroxylation is 1. The molecule has 3 unspecified atom stereocenters. The first kappa shape index (κ1) is 13.8. The summed E-state index contributed by atoms with van der Waals surface area (Å²) in [5, 5.41) is 5.65. The molecule has 3 atom stereocenters. The molecule has 1 aliphatic carbocycles. The monoisotopic (exact) mass is 304 g/mol. The Hall–Kier alpha value is -0.870. The zero-order chi connectivity index (χ0) is 14.6. The number of fused-ring (bicyclic) bond motifs is 2. The van der Waals surface area contributed by atoms with E-state index in [2.05, 4.69) is 35.5 Å². The molecule has 0 aromatic carbocycles. The highest BCUT2D eigenvalue weighted by molar-refractivity contribution is 7.10. The van der Waals surface area contributed by atoms with Gasteiger partial charge in [0, 0.05) is 30.1 Å². The average molecular weight is 304 g/mol. The first-order chi connectivity index (χ1) is 10.1. The van der Waals surface area contributed by atoms with E-state index < -0.39 is 0 Å². The summed E-state index contributed by atoms with van der Waals surface area (Å²) >= 11 is 1.82. The topological polar surface area (TPSA) is 32.3 Å². The van der Waals surface area contributed by atoms with Gasteiger partial charge >= 0.3 is 0 Å². The Morgan fingerprint density at radius 3 is 3.10 bits per heavy atom. The fraction of sp³-hybridized carbons (Fsp3) is 0.706. The van der Waals surface area contributed by atoms with Gasteiger partial charge in [-0.25, -0.2) is 0 Å². The van der Waals surface area contributed by atoms with Gasteiger partial charge in [0.05, 0.1) is 5.92 Å². The maximum absolute atomic E-state index is 13.2. The van der Waals surface area contributed by atoms with E-state index in [1.54, 1.807) is 0 Å². The second-order valence-corrected chi connectivity index (χ2v) is 8.37. The summed E-state index contributed by atoms with van der Waals surface area (Å²) in [5.41, 5.74) is 1.32. The maximum atomic E-state index is 13.2. The molecule has 2 saturated heterocycles. The molecular weight excluding hydrogens is 280 g/mol. The number of carbonyl (C=O) groups is 1. The number of amides is 1. The highest BCUT2D eigenvalue weighted by Gasteiger charge is 2.52. The molecule has 1 N–H and O–H groups in total. The number of likely N-dealkylation sites (tertiary alicyclic amines) is 1. The quantitative estimate of drug-likeness (QED) is 0.865. The normalized spacial score (nSPS) is 33.8. The molecule has 2 fully saturated rings. The third-order valence-corrected chi connectivity index (χ3v) is 6.97. The highest BCUT2D eigenvalue weighted by atomic mass is 32.1. The Kier molecular flexibility index (Phi) is 3.16. The van der Waals surface area contributed by atoms with Crippen LogP contribution in [0.5, 0.6) is 0 Å². The maximum Gasteiger partial charge on any atom is 0.230 e. The number of nitrogens with zero attached hydrogens (tertiary/aromatic N) is 1. The van der Waals surface area contributed by atoms with Crippen molar-refractivity contribution in [2.24, 2.45) is 11.8 Å². The Labute approximate surface area is 130 Å². The van der Waals surface area contributed by atoms with Gasteiger partial charge in [-0.1, -0.05) is 0 Å². The number of thiophene rings is 1. The van der Waals surface area contributed by atoms with Crippen LogP contribution in [0.15, 0.2) is 11.4 Å². The van der Waals surface area contributed by atoms with Gasteiger partial charge < -0.3 is 10.2 Å². The van der Waals surface area contributed by atoms with E-state index in [9.17, 15) is 4.79 Å². The van der Waals surface area contributed by atoms with Gasteiger partial charge in [-0.3, -0.25) is 4.79 Å². The molecule has 1 aromatic heterocycles. The standard InChI is InChI=1S/C17H24N2OS/c1-17(2)14-9-18-8-11(14)10-19(17)16(20)13-4-3-5-15-12(13)6-7-21-15/h6-7,11,13-14,18H,3-5,8-10H2,1-2H3. The van der Waals surface area contributed by atoms with Crippen molar-refractivity contribution in [2.75, 3.05) is 19.6 Å². The zero-order valence-electron chi connectivity index (χ0n) is 12.9. The fourth-order valence-electron chi connectivity index (χ4n) is 4.73. The van der Waals surface area contributed by atoms with Crippen LogP contribution >= 0.6 is 11.3 Å². The third kappa shape index (κ3) is 1.99. The lowest BCUT2D eigenvalue weighted by molar-refractivity contribution is -0.137. The van der Waals surface area contributed by atoms with Crippen LogP contribution < -0.4 is 5.32 Å². The van der Waals surface area contributed by atoms with Crippen LogP contribution in [0.1, 0.15) is 43.0 Å². The predicted octanol–water partition coefficient (Wildman–Crippen LogP) is 2.62. The van der Waals surface area contributed by atoms with E-state index in [4.69, 9.17) is 0 Å². The lowest BCUT2D eigenvalue weighted by Crippen LogP contribution is -2.49. The van der Waals surface area contributed by atoms with Crippen LogP contribution in [0.25, 0.3) is 0 Å². The molecule has 4 rings (SSSR count). The van der Waals surface area contributed by atoms with E-state index in [0.29, 0.717) is 17.7 Å². The number of hydrogen-bond acceptors (Lipinski definition) is 3. The summed E-state index contributed by atoms with van der Waals surface area (Å²) < 4.78 is 0. The van der Waals surface area contributed by atoms with Crippen molar-refractivity contribution in [2.45, 2.75) is 44.6 Å². The second-order valence-electron chi connectivity index (χ2n) is 7.37. The first-order valence-corrected chi connectivity index (χ1v) is 9.05. The number of carbonyl (C=O) groups excluding carboxylic acids is 1. The van der Waals surface area contributed by atoms with E-state index >= 15 is 0 Å². The van der Waals surface area contributed by atoms with E-state index in [1.807, 2.05) is 11.3 Å². The van der Waals surface area contributed by atoms with Crippen LogP contribution in [0.4, 0.5) is 0 Å². The van der Waals surface area contributed by atoms with Crippen molar-refractivity contribution in [3.8, 4) is 0 Å². The minimum absolute atomic E-state index is 0.00111. The van der Waals surface area contributed by atoms with Gasteiger partial charge in [0.15, 0.2) is 0 Å². The van der Waals surface area contributed by atoms with Crippen LogP contribution in [0.2, 0.25) is 0 Å². The average Bonchev–Trinajstić information content (AvgIpc) is 3.15. The van der Waals surface area contributed by atoms with Crippen LogP contribution in [0.3, 0.4) is 0 Å². The summed E-state index contributed by atoms with van der Waals surface area (Å²) in [4.78, 5) is 16.9. The summed E-state index contributed by atoms with van der Waals surface area (Å²) in [6.07, 6.45) is 3.35. The summed E-state index contributed by atoms with van der Waals surface area (Å²) in [7, 11) is 0. The van der Waals surface area contributed by atoms with Crippen molar-refractivity contribution in [3.05, 3.63) is 21.9 Å². The van der Waals surface area contributed by atoms with E-state index in [0.717, 1.165) is 38.9 Å². The van der Waals surface area contributed by atoms with Gasteiger partial charge in [0.2, 0.25) is 5.91 Å². The number of nitrogens with one attached hydrogen (secondary N) is 1. The van der Waals surface area contributed by atoms with Crippen LogP contribution in [-0.4, -0.2) is 36.0 Å². The molecule has 21 heavy (non-hydrogen) atoms. The number of rotatable bonds is 1. The van der Waals surface area contributed by atoms with Crippen molar-refractivity contribution < 1.29 is 4.79 Å².